The Balaban J connectivity index is 2.80. The molecule has 1 heteroatoms. The maximum atomic E-state index is 6.10. The van der Waals surface area contributed by atoms with Crippen LogP contribution in [-0.2, 0) is 0 Å². The SMILES string of the molecule is C=C1CC(C)CC(CC)(C(C)N)C1. The van der Waals surface area contributed by atoms with Gasteiger partial charge in [-0.2, -0.15) is 0 Å². The summed E-state index contributed by atoms with van der Waals surface area (Å²) in [6.45, 7) is 10.9. The van der Waals surface area contributed by atoms with E-state index in [9.17, 15) is 0 Å². The first-order valence-corrected chi connectivity index (χ1v) is 5.42. The molecule has 1 fully saturated rings. The van der Waals surface area contributed by atoms with Crippen LogP contribution in [0.2, 0.25) is 0 Å². The van der Waals surface area contributed by atoms with Gasteiger partial charge >= 0.3 is 0 Å². The second-order valence-electron chi connectivity index (χ2n) is 4.94. The minimum atomic E-state index is 0.303. The fraction of sp³-hybridized carbons (Fsp3) is 0.833. The van der Waals surface area contributed by atoms with Crippen molar-refractivity contribution in [2.45, 2.75) is 52.5 Å². The Hall–Kier alpha value is -0.300. The van der Waals surface area contributed by atoms with E-state index in [1.807, 2.05) is 0 Å². The van der Waals surface area contributed by atoms with Gasteiger partial charge in [0.1, 0.15) is 0 Å². The van der Waals surface area contributed by atoms with Gasteiger partial charge in [0.15, 0.2) is 0 Å². The van der Waals surface area contributed by atoms with Crippen molar-refractivity contribution < 1.29 is 0 Å². The molecule has 0 aromatic heterocycles. The van der Waals surface area contributed by atoms with Crippen LogP contribution in [0.1, 0.15) is 46.5 Å². The van der Waals surface area contributed by atoms with Crippen LogP contribution in [0.4, 0.5) is 0 Å². The van der Waals surface area contributed by atoms with Crippen LogP contribution < -0.4 is 5.73 Å². The lowest BCUT2D eigenvalue weighted by molar-refractivity contribution is 0.143. The highest BCUT2D eigenvalue weighted by Gasteiger charge is 2.37. The zero-order chi connectivity index (χ0) is 10.1. The largest absolute Gasteiger partial charge is 0.327 e. The highest BCUT2D eigenvalue weighted by atomic mass is 14.7. The summed E-state index contributed by atoms with van der Waals surface area (Å²) in [4.78, 5) is 0. The van der Waals surface area contributed by atoms with Gasteiger partial charge in [0.05, 0.1) is 0 Å². The van der Waals surface area contributed by atoms with E-state index in [-0.39, 0.29) is 0 Å². The summed E-state index contributed by atoms with van der Waals surface area (Å²) in [5.41, 5.74) is 7.84. The molecule has 3 atom stereocenters. The van der Waals surface area contributed by atoms with Crippen LogP contribution in [0.15, 0.2) is 12.2 Å². The molecule has 0 aromatic carbocycles. The molecule has 0 bridgehead atoms. The van der Waals surface area contributed by atoms with Gasteiger partial charge in [-0.05, 0) is 43.9 Å². The molecule has 3 unspecified atom stereocenters. The molecular formula is C12H23N. The van der Waals surface area contributed by atoms with Crippen LogP contribution in [0.3, 0.4) is 0 Å². The van der Waals surface area contributed by atoms with E-state index in [4.69, 9.17) is 5.73 Å². The molecule has 0 aromatic rings. The van der Waals surface area contributed by atoms with Crippen LogP contribution in [0, 0.1) is 11.3 Å². The summed E-state index contributed by atoms with van der Waals surface area (Å²) in [7, 11) is 0. The fourth-order valence-corrected chi connectivity index (χ4v) is 2.84. The molecule has 76 valence electrons. The quantitative estimate of drug-likeness (QED) is 0.651. The smallest absolute Gasteiger partial charge is 0.00700 e. The first-order valence-electron chi connectivity index (χ1n) is 5.42. The van der Waals surface area contributed by atoms with Crippen molar-refractivity contribution in [3.63, 3.8) is 0 Å². The van der Waals surface area contributed by atoms with Crippen molar-refractivity contribution in [2.24, 2.45) is 17.1 Å². The first kappa shape index (κ1) is 10.8. The lowest BCUT2D eigenvalue weighted by atomic mass is 9.64. The zero-order valence-corrected chi connectivity index (χ0v) is 9.27. The molecule has 1 aliphatic rings. The van der Waals surface area contributed by atoms with Gasteiger partial charge in [0, 0.05) is 6.04 Å². The number of hydrogen-bond acceptors (Lipinski definition) is 1. The molecule has 1 rings (SSSR count). The van der Waals surface area contributed by atoms with Crippen LogP contribution >= 0.6 is 0 Å². The van der Waals surface area contributed by atoms with E-state index in [1.54, 1.807) is 0 Å². The third-order valence-corrected chi connectivity index (χ3v) is 3.66. The second-order valence-corrected chi connectivity index (χ2v) is 4.94. The van der Waals surface area contributed by atoms with Gasteiger partial charge in [-0.1, -0.05) is 26.0 Å². The van der Waals surface area contributed by atoms with Gasteiger partial charge in [0.25, 0.3) is 0 Å². The fourth-order valence-electron chi connectivity index (χ4n) is 2.84. The van der Waals surface area contributed by atoms with E-state index < -0.39 is 0 Å². The summed E-state index contributed by atoms with van der Waals surface area (Å²) < 4.78 is 0. The Bertz CT molecular complexity index is 195. The molecule has 0 heterocycles. The summed E-state index contributed by atoms with van der Waals surface area (Å²) in [6, 6.07) is 0.303. The summed E-state index contributed by atoms with van der Waals surface area (Å²) in [5, 5.41) is 0. The molecule has 1 saturated carbocycles. The molecule has 2 N–H and O–H groups in total. The van der Waals surface area contributed by atoms with Crippen LogP contribution in [0.25, 0.3) is 0 Å². The first-order chi connectivity index (χ1) is 6.00. The predicted molar refractivity (Wildman–Crippen MR) is 58.5 cm³/mol. The maximum absolute atomic E-state index is 6.10. The normalized spacial score (nSPS) is 37.5. The minimum absolute atomic E-state index is 0.303. The van der Waals surface area contributed by atoms with Gasteiger partial charge in [0.2, 0.25) is 0 Å². The monoisotopic (exact) mass is 181 g/mol. The third kappa shape index (κ3) is 2.14. The molecule has 0 amide bonds. The van der Waals surface area contributed by atoms with Crippen molar-refractivity contribution in [1.82, 2.24) is 0 Å². The minimum Gasteiger partial charge on any atom is -0.327 e. The summed E-state index contributed by atoms with van der Waals surface area (Å²) in [5.74, 6) is 0.771. The average molecular weight is 181 g/mol. The van der Waals surface area contributed by atoms with Gasteiger partial charge in [-0.3, -0.25) is 0 Å². The number of rotatable bonds is 2. The third-order valence-electron chi connectivity index (χ3n) is 3.66. The van der Waals surface area contributed by atoms with E-state index >= 15 is 0 Å². The molecule has 0 spiro atoms. The van der Waals surface area contributed by atoms with Crippen molar-refractivity contribution in [3.8, 4) is 0 Å². The second kappa shape index (κ2) is 3.83. The van der Waals surface area contributed by atoms with E-state index in [0.717, 1.165) is 12.3 Å². The van der Waals surface area contributed by atoms with Crippen molar-refractivity contribution in [2.75, 3.05) is 0 Å². The Morgan fingerprint density at radius 3 is 2.69 bits per heavy atom. The van der Waals surface area contributed by atoms with Gasteiger partial charge in [-0.25, -0.2) is 0 Å². The maximum Gasteiger partial charge on any atom is 0.00700 e. The van der Waals surface area contributed by atoms with Crippen LogP contribution in [-0.4, -0.2) is 6.04 Å². The average Bonchev–Trinajstić information content (AvgIpc) is 2.02. The molecule has 1 nitrogen and oxygen atoms in total. The molecule has 0 radical (unpaired) electrons. The number of hydrogen-bond donors (Lipinski definition) is 1. The lowest BCUT2D eigenvalue weighted by Gasteiger charge is -2.43. The van der Waals surface area contributed by atoms with Crippen molar-refractivity contribution >= 4 is 0 Å². The topological polar surface area (TPSA) is 26.0 Å². The Morgan fingerprint density at radius 2 is 2.31 bits per heavy atom. The van der Waals surface area contributed by atoms with Crippen molar-refractivity contribution in [1.29, 1.82) is 0 Å². The number of allylic oxidation sites excluding steroid dienone is 1. The Kier molecular flexibility index (Phi) is 3.18. The van der Waals surface area contributed by atoms with E-state index in [2.05, 4.69) is 27.4 Å². The Labute approximate surface area is 82.4 Å². The van der Waals surface area contributed by atoms with Gasteiger partial charge < -0.3 is 5.73 Å². The molecule has 1 aliphatic carbocycles. The molecule has 0 saturated heterocycles. The predicted octanol–water partition coefficient (Wildman–Crippen LogP) is 3.11. The molecule has 13 heavy (non-hydrogen) atoms. The van der Waals surface area contributed by atoms with Crippen LogP contribution in [0.5, 0.6) is 0 Å². The zero-order valence-electron chi connectivity index (χ0n) is 9.27. The molecule has 0 aliphatic heterocycles. The lowest BCUT2D eigenvalue weighted by Crippen LogP contribution is -2.42. The van der Waals surface area contributed by atoms with Crippen molar-refractivity contribution in [3.05, 3.63) is 12.2 Å². The summed E-state index contributed by atoms with van der Waals surface area (Å²) in [6.07, 6.45) is 4.81. The van der Waals surface area contributed by atoms with E-state index in [0.29, 0.717) is 11.5 Å². The highest BCUT2D eigenvalue weighted by molar-refractivity contribution is 5.08. The van der Waals surface area contributed by atoms with E-state index in [1.165, 1.54) is 24.8 Å². The summed E-state index contributed by atoms with van der Waals surface area (Å²) >= 11 is 0. The van der Waals surface area contributed by atoms with Gasteiger partial charge in [-0.15, -0.1) is 0 Å². The number of nitrogens with two attached hydrogens (primary N) is 1. The Morgan fingerprint density at radius 1 is 1.69 bits per heavy atom. The highest BCUT2D eigenvalue weighted by Crippen LogP contribution is 2.45. The molecular weight excluding hydrogens is 158 g/mol. The standard InChI is InChI=1S/C12H23N/c1-5-12(11(4)13)7-9(2)6-10(3)8-12/h10-11H,2,5-8,13H2,1,3-4H3.